The number of carbonyl (C=O) groups is 1. The van der Waals surface area contributed by atoms with Gasteiger partial charge in [-0.25, -0.2) is 19.7 Å². The summed E-state index contributed by atoms with van der Waals surface area (Å²) < 4.78 is 0. The summed E-state index contributed by atoms with van der Waals surface area (Å²) in [5, 5.41) is 3.55. The van der Waals surface area contributed by atoms with Crippen LogP contribution in [0, 0.1) is 13.8 Å². The molecule has 4 rings (SSSR count). The smallest absolute Gasteiger partial charge is 0.352 e. The molecule has 0 bridgehead atoms. The number of benzene rings is 1. The molecule has 3 heterocycles. The zero-order valence-electron chi connectivity index (χ0n) is 15.3. The predicted octanol–water partition coefficient (Wildman–Crippen LogP) is 3.00. The SMILES string of the molecule is Cc1cc2[nH]c(NC(=O)N3CCN(c4ncccc4Cl)CC3)[nH+]c2cc1C. The van der Waals surface area contributed by atoms with E-state index >= 15 is 0 Å². The zero-order chi connectivity index (χ0) is 19.0. The van der Waals surface area contributed by atoms with E-state index in [1.54, 1.807) is 11.1 Å². The largest absolute Gasteiger partial charge is 0.382 e. The minimum Gasteiger partial charge on any atom is -0.352 e. The number of halogens is 1. The fraction of sp³-hybridized carbons (Fsp3) is 0.316. The van der Waals surface area contributed by atoms with Crippen molar-refractivity contribution >= 4 is 40.4 Å². The first-order valence-electron chi connectivity index (χ1n) is 8.95. The third-order valence-corrected chi connectivity index (χ3v) is 5.29. The number of imidazole rings is 1. The van der Waals surface area contributed by atoms with Gasteiger partial charge in [-0.2, -0.15) is 5.32 Å². The number of nitrogens with one attached hydrogen (secondary N) is 3. The van der Waals surface area contributed by atoms with E-state index in [9.17, 15) is 4.79 Å². The Bertz CT molecular complexity index is 954. The summed E-state index contributed by atoms with van der Waals surface area (Å²) in [7, 11) is 0. The standard InChI is InChI=1S/C19H21ClN6O/c1-12-10-15-16(11-13(12)2)23-18(22-15)24-19(27)26-8-6-25(7-9-26)17-14(20)4-3-5-21-17/h3-5,10-11H,6-9H2,1-2H3,(H2,22,23,24,27)/p+1. The molecular weight excluding hydrogens is 364 g/mol. The number of anilines is 2. The Morgan fingerprint density at radius 3 is 2.70 bits per heavy atom. The summed E-state index contributed by atoms with van der Waals surface area (Å²) in [6, 6.07) is 7.67. The predicted molar refractivity (Wildman–Crippen MR) is 106 cm³/mol. The highest BCUT2D eigenvalue weighted by atomic mass is 35.5. The van der Waals surface area contributed by atoms with Crippen molar-refractivity contribution in [3.63, 3.8) is 0 Å². The molecule has 2 amide bonds. The topological polar surface area (TPSA) is 78.4 Å². The van der Waals surface area contributed by atoms with Gasteiger partial charge in [-0.1, -0.05) is 11.6 Å². The molecule has 0 spiro atoms. The summed E-state index contributed by atoms with van der Waals surface area (Å²) >= 11 is 6.22. The number of rotatable bonds is 2. The molecule has 0 radical (unpaired) electrons. The van der Waals surface area contributed by atoms with Crippen molar-refractivity contribution in [2.45, 2.75) is 13.8 Å². The van der Waals surface area contributed by atoms with Gasteiger partial charge in [-0.3, -0.25) is 0 Å². The lowest BCUT2D eigenvalue weighted by Crippen LogP contribution is -2.50. The Morgan fingerprint density at radius 2 is 1.96 bits per heavy atom. The number of amides is 2. The third-order valence-electron chi connectivity index (χ3n) is 4.99. The fourth-order valence-electron chi connectivity index (χ4n) is 3.30. The quantitative estimate of drug-likeness (QED) is 0.711. The van der Waals surface area contributed by atoms with E-state index in [2.05, 4.69) is 51.1 Å². The van der Waals surface area contributed by atoms with Gasteiger partial charge in [0.05, 0.1) is 5.02 Å². The molecule has 27 heavy (non-hydrogen) atoms. The van der Waals surface area contributed by atoms with E-state index in [0.717, 1.165) is 16.9 Å². The molecule has 0 aliphatic carbocycles. The number of urea groups is 1. The van der Waals surface area contributed by atoms with Crippen molar-refractivity contribution in [2.24, 2.45) is 0 Å². The van der Waals surface area contributed by atoms with Crippen LogP contribution in [0.15, 0.2) is 30.5 Å². The molecule has 140 valence electrons. The molecule has 2 aromatic heterocycles. The Labute approximate surface area is 162 Å². The van der Waals surface area contributed by atoms with E-state index in [-0.39, 0.29) is 6.03 Å². The van der Waals surface area contributed by atoms with Gasteiger partial charge in [0.2, 0.25) is 0 Å². The summed E-state index contributed by atoms with van der Waals surface area (Å²) in [6.45, 7) is 6.74. The van der Waals surface area contributed by atoms with Crippen molar-refractivity contribution in [3.05, 3.63) is 46.6 Å². The Morgan fingerprint density at radius 1 is 1.22 bits per heavy atom. The second-order valence-electron chi connectivity index (χ2n) is 6.82. The highest BCUT2D eigenvalue weighted by Gasteiger charge is 2.26. The van der Waals surface area contributed by atoms with Gasteiger partial charge in [0, 0.05) is 32.4 Å². The van der Waals surface area contributed by atoms with Gasteiger partial charge in [0.25, 0.3) is 0 Å². The maximum atomic E-state index is 12.6. The van der Waals surface area contributed by atoms with Crippen molar-refractivity contribution in [1.29, 1.82) is 0 Å². The average molecular weight is 386 g/mol. The van der Waals surface area contributed by atoms with Crippen LogP contribution in [0.25, 0.3) is 11.0 Å². The number of hydrogen-bond donors (Lipinski definition) is 2. The number of aromatic amines is 2. The highest BCUT2D eigenvalue weighted by molar-refractivity contribution is 6.32. The molecule has 3 N–H and O–H groups in total. The Balaban J connectivity index is 1.40. The lowest BCUT2D eigenvalue weighted by Gasteiger charge is -2.34. The Hall–Kier alpha value is -2.80. The molecule has 7 nitrogen and oxygen atoms in total. The van der Waals surface area contributed by atoms with E-state index < -0.39 is 0 Å². The van der Waals surface area contributed by atoms with Crippen LogP contribution in [-0.4, -0.2) is 47.1 Å². The molecular formula is C19H22ClN6O+. The minimum absolute atomic E-state index is 0.127. The first kappa shape index (κ1) is 17.6. The van der Waals surface area contributed by atoms with Gasteiger partial charge < -0.3 is 9.80 Å². The van der Waals surface area contributed by atoms with Crippen LogP contribution >= 0.6 is 11.6 Å². The molecule has 0 atom stereocenters. The monoisotopic (exact) mass is 385 g/mol. The number of nitrogens with zero attached hydrogens (tertiary/aromatic N) is 3. The van der Waals surface area contributed by atoms with Crippen LogP contribution < -0.4 is 15.2 Å². The highest BCUT2D eigenvalue weighted by Crippen LogP contribution is 2.23. The van der Waals surface area contributed by atoms with Gasteiger partial charge in [-0.05, 0) is 49.2 Å². The summed E-state index contributed by atoms with van der Waals surface area (Å²) in [6.07, 6.45) is 1.73. The van der Waals surface area contributed by atoms with Crippen LogP contribution in [0.2, 0.25) is 5.02 Å². The maximum absolute atomic E-state index is 12.6. The van der Waals surface area contributed by atoms with Crippen LogP contribution in [0.5, 0.6) is 0 Å². The van der Waals surface area contributed by atoms with Gasteiger partial charge in [-0.15, -0.1) is 0 Å². The van der Waals surface area contributed by atoms with Gasteiger partial charge in [0.1, 0.15) is 16.9 Å². The zero-order valence-corrected chi connectivity index (χ0v) is 16.1. The van der Waals surface area contributed by atoms with E-state index in [1.807, 2.05) is 12.1 Å². The van der Waals surface area contributed by atoms with Crippen LogP contribution in [-0.2, 0) is 0 Å². The lowest BCUT2D eigenvalue weighted by molar-refractivity contribution is -0.326. The number of carbonyl (C=O) groups excluding carboxylic acids is 1. The Kier molecular flexibility index (Phi) is 4.61. The van der Waals surface area contributed by atoms with Gasteiger partial charge >= 0.3 is 12.0 Å². The van der Waals surface area contributed by atoms with Crippen LogP contribution in [0.4, 0.5) is 16.6 Å². The number of pyridine rings is 1. The van der Waals surface area contributed by atoms with Crippen molar-refractivity contribution in [2.75, 3.05) is 36.4 Å². The third kappa shape index (κ3) is 3.55. The molecule has 0 unspecified atom stereocenters. The van der Waals surface area contributed by atoms with Gasteiger partial charge in [0.15, 0.2) is 0 Å². The summed E-state index contributed by atoms with van der Waals surface area (Å²) in [5.41, 5.74) is 4.37. The summed E-state index contributed by atoms with van der Waals surface area (Å²) in [5.74, 6) is 1.36. The molecule has 1 aromatic carbocycles. The second kappa shape index (κ2) is 7.08. The van der Waals surface area contributed by atoms with E-state index in [4.69, 9.17) is 11.6 Å². The minimum atomic E-state index is -0.127. The van der Waals surface area contributed by atoms with E-state index in [1.165, 1.54) is 11.1 Å². The first-order chi connectivity index (χ1) is 13.0. The van der Waals surface area contributed by atoms with Crippen LogP contribution in [0.3, 0.4) is 0 Å². The summed E-state index contributed by atoms with van der Waals surface area (Å²) in [4.78, 5) is 27.3. The van der Waals surface area contributed by atoms with Crippen molar-refractivity contribution in [1.82, 2.24) is 14.9 Å². The number of piperazine rings is 1. The van der Waals surface area contributed by atoms with Crippen LogP contribution in [0.1, 0.15) is 11.1 Å². The molecule has 8 heteroatoms. The van der Waals surface area contributed by atoms with Crippen molar-refractivity contribution in [3.8, 4) is 0 Å². The first-order valence-corrected chi connectivity index (χ1v) is 9.33. The number of fused-ring (bicyclic) bond motifs is 1. The molecule has 1 saturated heterocycles. The number of hydrogen-bond acceptors (Lipinski definition) is 3. The molecule has 1 aliphatic heterocycles. The molecule has 1 fully saturated rings. The molecule has 0 saturated carbocycles. The second-order valence-corrected chi connectivity index (χ2v) is 7.23. The number of aryl methyl sites for hydroxylation is 2. The average Bonchev–Trinajstić information content (AvgIpc) is 3.03. The molecule has 1 aliphatic rings. The number of H-pyrrole nitrogens is 2. The fourth-order valence-corrected chi connectivity index (χ4v) is 3.54. The molecule has 3 aromatic rings. The van der Waals surface area contributed by atoms with Crippen molar-refractivity contribution < 1.29 is 9.78 Å². The maximum Gasteiger partial charge on any atom is 0.382 e. The normalized spacial score (nSPS) is 14.6. The van der Waals surface area contributed by atoms with E-state index in [0.29, 0.717) is 37.1 Å². The lowest BCUT2D eigenvalue weighted by atomic mass is 10.1. The number of aromatic nitrogens is 3.